The topological polar surface area (TPSA) is 73.3 Å². The smallest absolute Gasteiger partial charge is 0.258 e. The summed E-state index contributed by atoms with van der Waals surface area (Å²) < 4.78 is 1.42. The van der Waals surface area contributed by atoms with Crippen molar-refractivity contribution in [3.63, 3.8) is 0 Å². The highest BCUT2D eigenvalue weighted by molar-refractivity contribution is 5.97. The van der Waals surface area contributed by atoms with Crippen molar-refractivity contribution < 1.29 is 4.92 Å². The largest absolute Gasteiger partial charge is 0.315 e. The van der Waals surface area contributed by atoms with Gasteiger partial charge in [-0.15, -0.1) is 0 Å². The number of hydrogen-bond donors (Lipinski definition) is 0. The van der Waals surface area contributed by atoms with Crippen LogP contribution in [0, 0.1) is 10.1 Å². The molecule has 6 heteroatoms. The molecular weight excluding hydrogens is 208 g/mol. The molecule has 0 amide bonds. The second kappa shape index (κ2) is 2.99. The minimum absolute atomic E-state index is 0.00130. The third-order valence-corrected chi connectivity index (χ3v) is 2.44. The van der Waals surface area contributed by atoms with E-state index in [0.717, 1.165) is 10.9 Å². The van der Waals surface area contributed by atoms with E-state index in [0.29, 0.717) is 5.52 Å². The van der Waals surface area contributed by atoms with Crippen molar-refractivity contribution in [3.05, 3.63) is 46.9 Å². The van der Waals surface area contributed by atoms with E-state index in [9.17, 15) is 10.1 Å². The van der Waals surface area contributed by atoms with Gasteiger partial charge in [-0.05, 0) is 6.07 Å². The molecule has 0 radical (unpaired) electrons. The normalized spacial score (nSPS) is 11.0. The van der Waals surface area contributed by atoms with E-state index in [1.807, 2.05) is 18.2 Å². The number of hydrogen-bond acceptors (Lipinski definition) is 4. The maximum absolute atomic E-state index is 10.9. The van der Waals surface area contributed by atoms with Gasteiger partial charge >= 0.3 is 5.69 Å². The molecule has 0 bridgehead atoms. The molecule has 0 saturated carbocycles. The van der Waals surface area contributed by atoms with E-state index >= 15 is 0 Å². The molecule has 2 heterocycles. The van der Waals surface area contributed by atoms with Crippen LogP contribution in [0.4, 0.5) is 5.69 Å². The van der Waals surface area contributed by atoms with Crippen LogP contribution in [0.1, 0.15) is 0 Å². The Hall–Kier alpha value is -2.50. The minimum atomic E-state index is -0.436. The van der Waals surface area contributed by atoms with Gasteiger partial charge in [-0.2, -0.15) is 5.10 Å². The van der Waals surface area contributed by atoms with Gasteiger partial charge in [-0.1, -0.05) is 18.2 Å². The van der Waals surface area contributed by atoms with Crippen LogP contribution in [-0.2, 0) is 0 Å². The van der Waals surface area contributed by atoms with E-state index in [2.05, 4.69) is 10.1 Å². The Kier molecular flexibility index (Phi) is 1.64. The Labute approximate surface area is 89.3 Å². The lowest BCUT2D eigenvalue weighted by Crippen LogP contribution is -1.92. The van der Waals surface area contributed by atoms with Gasteiger partial charge in [-0.3, -0.25) is 10.1 Å². The van der Waals surface area contributed by atoms with Crippen molar-refractivity contribution in [1.82, 2.24) is 14.6 Å². The maximum atomic E-state index is 10.9. The Bertz CT molecular complexity index is 704. The van der Waals surface area contributed by atoms with Crippen molar-refractivity contribution in [2.75, 3.05) is 0 Å². The fraction of sp³-hybridized carbons (Fsp3) is 0. The standard InChI is InChI=1S/C10H6N4O2/c15-14(16)9-5-12-13-6-11-8-4-2-1-3-7(8)10(9)13/h1-6H. The van der Waals surface area contributed by atoms with Crippen molar-refractivity contribution in [1.29, 1.82) is 0 Å². The molecular formula is C10H6N4O2. The molecule has 6 nitrogen and oxygen atoms in total. The fourth-order valence-electron chi connectivity index (χ4n) is 1.74. The zero-order chi connectivity index (χ0) is 11.1. The van der Waals surface area contributed by atoms with E-state index in [1.54, 1.807) is 6.07 Å². The summed E-state index contributed by atoms with van der Waals surface area (Å²) in [5.74, 6) is 0. The first-order valence-corrected chi connectivity index (χ1v) is 4.63. The Morgan fingerprint density at radius 3 is 2.94 bits per heavy atom. The third-order valence-electron chi connectivity index (χ3n) is 2.44. The summed E-state index contributed by atoms with van der Waals surface area (Å²) in [4.78, 5) is 14.6. The van der Waals surface area contributed by atoms with Crippen molar-refractivity contribution in [2.24, 2.45) is 0 Å². The Morgan fingerprint density at radius 2 is 2.12 bits per heavy atom. The highest BCUT2D eigenvalue weighted by Gasteiger charge is 2.17. The molecule has 0 aliphatic rings. The molecule has 0 N–H and O–H groups in total. The van der Waals surface area contributed by atoms with E-state index < -0.39 is 4.92 Å². The summed E-state index contributed by atoms with van der Waals surface area (Å²) in [6.07, 6.45) is 2.72. The van der Waals surface area contributed by atoms with Gasteiger partial charge in [0.2, 0.25) is 0 Å². The number of fused-ring (bicyclic) bond motifs is 3. The van der Waals surface area contributed by atoms with Crippen molar-refractivity contribution >= 4 is 22.1 Å². The number of aromatic nitrogens is 3. The van der Waals surface area contributed by atoms with Crippen LogP contribution in [0.2, 0.25) is 0 Å². The van der Waals surface area contributed by atoms with Gasteiger partial charge in [0.15, 0.2) is 5.52 Å². The molecule has 1 aromatic carbocycles. The van der Waals surface area contributed by atoms with Crippen molar-refractivity contribution in [2.45, 2.75) is 0 Å². The zero-order valence-corrected chi connectivity index (χ0v) is 8.07. The number of nitro groups is 1. The average Bonchev–Trinajstić information content (AvgIpc) is 2.73. The highest BCUT2D eigenvalue weighted by atomic mass is 16.6. The van der Waals surface area contributed by atoms with Gasteiger partial charge in [0.25, 0.3) is 0 Å². The number of para-hydroxylation sites is 1. The van der Waals surface area contributed by atoms with Crippen LogP contribution in [0.25, 0.3) is 16.4 Å². The molecule has 0 atom stereocenters. The van der Waals surface area contributed by atoms with Gasteiger partial charge in [0.1, 0.15) is 12.5 Å². The van der Waals surface area contributed by atoms with Gasteiger partial charge < -0.3 is 0 Å². The van der Waals surface area contributed by atoms with E-state index in [4.69, 9.17) is 0 Å². The molecule has 3 rings (SSSR count). The lowest BCUT2D eigenvalue weighted by molar-refractivity contribution is -0.383. The van der Waals surface area contributed by atoms with Crippen LogP contribution in [0.15, 0.2) is 36.8 Å². The molecule has 0 aliphatic heterocycles. The molecule has 0 fully saturated rings. The second-order valence-electron chi connectivity index (χ2n) is 3.34. The molecule has 0 aliphatic carbocycles. The number of rotatable bonds is 1. The first-order chi connectivity index (χ1) is 7.77. The summed E-state index contributed by atoms with van der Waals surface area (Å²) in [6, 6.07) is 7.27. The van der Waals surface area contributed by atoms with Crippen LogP contribution in [0.5, 0.6) is 0 Å². The summed E-state index contributed by atoms with van der Waals surface area (Å²) in [7, 11) is 0. The van der Waals surface area contributed by atoms with Crippen LogP contribution >= 0.6 is 0 Å². The molecule has 0 unspecified atom stereocenters. The predicted molar refractivity (Wildman–Crippen MR) is 57.1 cm³/mol. The monoisotopic (exact) mass is 214 g/mol. The second-order valence-corrected chi connectivity index (χ2v) is 3.34. The first kappa shape index (κ1) is 8.78. The van der Waals surface area contributed by atoms with Gasteiger partial charge in [0.05, 0.1) is 10.4 Å². The summed E-state index contributed by atoms with van der Waals surface area (Å²) in [5.41, 5.74) is 1.20. The van der Waals surface area contributed by atoms with E-state index in [1.165, 1.54) is 17.0 Å². The summed E-state index contributed by atoms with van der Waals surface area (Å²) >= 11 is 0. The molecule has 3 aromatic rings. The molecule has 2 aromatic heterocycles. The molecule has 16 heavy (non-hydrogen) atoms. The van der Waals surface area contributed by atoms with Gasteiger partial charge in [-0.25, -0.2) is 9.50 Å². The SMILES string of the molecule is O=[N+]([O-])c1cnn2cnc3ccccc3c12. The third kappa shape index (κ3) is 1.07. The molecule has 0 spiro atoms. The first-order valence-electron chi connectivity index (χ1n) is 4.63. The summed E-state index contributed by atoms with van der Waals surface area (Å²) in [6.45, 7) is 0. The highest BCUT2D eigenvalue weighted by Crippen LogP contribution is 2.25. The molecule has 0 saturated heterocycles. The predicted octanol–water partition coefficient (Wildman–Crippen LogP) is 1.79. The zero-order valence-electron chi connectivity index (χ0n) is 8.07. The van der Waals surface area contributed by atoms with E-state index in [-0.39, 0.29) is 5.69 Å². The van der Waals surface area contributed by atoms with Crippen LogP contribution in [-0.4, -0.2) is 19.5 Å². The molecule has 78 valence electrons. The van der Waals surface area contributed by atoms with Crippen molar-refractivity contribution in [3.8, 4) is 0 Å². The van der Waals surface area contributed by atoms with Crippen LogP contribution < -0.4 is 0 Å². The maximum Gasteiger partial charge on any atom is 0.315 e. The Morgan fingerprint density at radius 1 is 1.31 bits per heavy atom. The lowest BCUT2D eigenvalue weighted by atomic mass is 10.2. The Balaban J connectivity index is 2.56. The quantitative estimate of drug-likeness (QED) is 0.457. The number of nitrogens with zero attached hydrogens (tertiary/aromatic N) is 4. The van der Waals surface area contributed by atoms with Crippen LogP contribution in [0.3, 0.4) is 0 Å². The van der Waals surface area contributed by atoms with Gasteiger partial charge in [0, 0.05) is 5.39 Å². The number of benzene rings is 1. The summed E-state index contributed by atoms with van der Waals surface area (Å²) in [5, 5.41) is 15.5. The lowest BCUT2D eigenvalue weighted by Gasteiger charge is -1.98. The minimum Gasteiger partial charge on any atom is -0.258 e. The fourth-order valence-corrected chi connectivity index (χ4v) is 1.74. The average molecular weight is 214 g/mol.